The number of hydrogen-bond donors (Lipinski definition) is 2. The first-order valence-corrected chi connectivity index (χ1v) is 11.6. The number of benzene rings is 1. The number of amides is 3. The highest BCUT2D eigenvalue weighted by Crippen LogP contribution is 2.33. The third-order valence-electron chi connectivity index (χ3n) is 4.81. The lowest BCUT2D eigenvalue weighted by atomic mass is 10.1. The fraction of sp³-hybridized carbons (Fsp3) is 0.261. The van der Waals surface area contributed by atoms with Crippen LogP contribution in [0.4, 0.5) is 0 Å². The Balaban J connectivity index is 1.36. The second kappa shape index (κ2) is 12.1. The molecule has 2 heterocycles. The maximum absolute atomic E-state index is 12.7. The van der Waals surface area contributed by atoms with E-state index in [2.05, 4.69) is 15.8 Å². The van der Waals surface area contributed by atoms with Gasteiger partial charge in [0, 0.05) is 25.4 Å². The van der Waals surface area contributed by atoms with Gasteiger partial charge in [0.05, 0.1) is 17.6 Å². The number of pyridine rings is 1. The summed E-state index contributed by atoms with van der Waals surface area (Å²) in [5.74, 6) is -0.0466. The summed E-state index contributed by atoms with van der Waals surface area (Å²) in [6.07, 6.45) is 7.17. The van der Waals surface area contributed by atoms with E-state index in [0.717, 1.165) is 24.2 Å². The number of carbonyl (C=O) groups is 3. The SMILES string of the molecule is COc1ccc(/C=C2\SC(=S)N(CCCCCC(=O)NNC(=O)c3cccnc3)C2=O)cc1. The summed E-state index contributed by atoms with van der Waals surface area (Å²) in [6, 6.07) is 10.7. The van der Waals surface area contributed by atoms with Crippen molar-refractivity contribution in [3.8, 4) is 5.75 Å². The van der Waals surface area contributed by atoms with Crippen LogP contribution in [0.1, 0.15) is 41.6 Å². The number of hydrazine groups is 1. The van der Waals surface area contributed by atoms with Crippen molar-refractivity contribution in [1.82, 2.24) is 20.7 Å². The number of nitrogens with zero attached hydrogens (tertiary/aromatic N) is 2. The van der Waals surface area contributed by atoms with E-state index in [9.17, 15) is 14.4 Å². The number of rotatable bonds is 9. The standard InChI is InChI=1S/C23H24N4O4S2/c1-31-18-10-8-16(9-11-18)14-19-22(30)27(23(32)33-19)13-4-2-3-7-20(28)25-26-21(29)17-6-5-12-24-15-17/h5-6,8-12,14-15H,2-4,7,13H2,1H3,(H,25,28)(H,26,29)/b19-14-. The van der Waals surface area contributed by atoms with Crippen LogP contribution in [-0.4, -0.2) is 45.6 Å². The quantitative estimate of drug-likeness (QED) is 0.244. The van der Waals surface area contributed by atoms with Crippen LogP contribution in [0.3, 0.4) is 0 Å². The maximum Gasteiger partial charge on any atom is 0.271 e. The van der Waals surface area contributed by atoms with Crippen LogP contribution in [-0.2, 0) is 9.59 Å². The number of thiocarbonyl (C=S) groups is 1. The Hall–Kier alpha value is -3.24. The van der Waals surface area contributed by atoms with Crippen molar-refractivity contribution in [1.29, 1.82) is 0 Å². The van der Waals surface area contributed by atoms with Crippen LogP contribution in [0, 0.1) is 0 Å². The molecule has 10 heteroatoms. The molecule has 3 amide bonds. The Kier molecular flexibility index (Phi) is 8.96. The van der Waals surface area contributed by atoms with Crippen molar-refractivity contribution < 1.29 is 19.1 Å². The molecule has 0 aliphatic carbocycles. The molecule has 2 aromatic rings. The topological polar surface area (TPSA) is 101 Å². The van der Waals surface area contributed by atoms with Crippen LogP contribution in [0.15, 0.2) is 53.7 Å². The highest BCUT2D eigenvalue weighted by Gasteiger charge is 2.31. The molecule has 3 rings (SSSR count). The van der Waals surface area contributed by atoms with Gasteiger partial charge in [0.25, 0.3) is 11.8 Å². The molecule has 1 saturated heterocycles. The van der Waals surface area contributed by atoms with Gasteiger partial charge in [-0.05, 0) is 48.7 Å². The van der Waals surface area contributed by atoms with Gasteiger partial charge >= 0.3 is 0 Å². The van der Waals surface area contributed by atoms with E-state index in [4.69, 9.17) is 17.0 Å². The molecular weight excluding hydrogens is 460 g/mol. The average molecular weight is 485 g/mol. The molecule has 172 valence electrons. The second-order valence-electron chi connectivity index (χ2n) is 7.16. The summed E-state index contributed by atoms with van der Waals surface area (Å²) < 4.78 is 5.69. The lowest BCUT2D eigenvalue weighted by Crippen LogP contribution is -2.41. The molecule has 33 heavy (non-hydrogen) atoms. The summed E-state index contributed by atoms with van der Waals surface area (Å²) in [7, 11) is 1.61. The van der Waals surface area contributed by atoms with Crippen LogP contribution in [0.2, 0.25) is 0 Å². The minimum absolute atomic E-state index is 0.100. The number of nitrogens with one attached hydrogen (secondary N) is 2. The normalized spacial score (nSPS) is 14.5. The molecule has 0 radical (unpaired) electrons. The molecule has 1 aliphatic heterocycles. The fourth-order valence-corrected chi connectivity index (χ4v) is 4.34. The summed E-state index contributed by atoms with van der Waals surface area (Å²) in [4.78, 5) is 42.5. The lowest BCUT2D eigenvalue weighted by molar-refractivity contribution is -0.123. The van der Waals surface area contributed by atoms with E-state index >= 15 is 0 Å². The number of methoxy groups -OCH3 is 1. The van der Waals surface area contributed by atoms with Crippen molar-refractivity contribution >= 4 is 52.1 Å². The molecule has 0 atom stereocenters. The predicted octanol–water partition coefficient (Wildman–Crippen LogP) is 3.31. The first-order valence-electron chi connectivity index (χ1n) is 10.4. The molecule has 0 unspecified atom stereocenters. The molecule has 1 fully saturated rings. The summed E-state index contributed by atoms with van der Waals surface area (Å²) >= 11 is 6.66. The van der Waals surface area contributed by atoms with Gasteiger partial charge in [-0.1, -0.05) is 42.5 Å². The Bertz CT molecular complexity index is 1040. The van der Waals surface area contributed by atoms with Crippen LogP contribution >= 0.6 is 24.0 Å². The Morgan fingerprint density at radius 3 is 2.64 bits per heavy atom. The van der Waals surface area contributed by atoms with Gasteiger partial charge in [0.2, 0.25) is 5.91 Å². The van der Waals surface area contributed by atoms with E-state index in [0.29, 0.717) is 27.8 Å². The van der Waals surface area contributed by atoms with E-state index in [1.807, 2.05) is 30.3 Å². The second-order valence-corrected chi connectivity index (χ2v) is 8.84. The average Bonchev–Trinajstić information content (AvgIpc) is 3.10. The van der Waals surface area contributed by atoms with Gasteiger partial charge < -0.3 is 4.74 Å². The van der Waals surface area contributed by atoms with E-state index < -0.39 is 5.91 Å². The number of unbranched alkanes of at least 4 members (excludes halogenated alkanes) is 2. The van der Waals surface area contributed by atoms with E-state index in [-0.39, 0.29) is 18.2 Å². The molecule has 1 aliphatic rings. The smallest absolute Gasteiger partial charge is 0.271 e. The Morgan fingerprint density at radius 1 is 1.15 bits per heavy atom. The molecule has 1 aromatic carbocycles. The lowest BCUT2D eigenvalue weighted by Gasteiger charge is -2.14. The molecule has 8 nitrogen and oxygen atoms in total. The number of ether oxygens (including phenoxy) is 1. The highest BCUT2D eigenvalue weighted by atomic mass is 32.2. The highest BCUT2D eigenvalue weighted by molar-refractivity contribution is 8.26. The Labute approximate surface area is 201 Å². The zero-order valence-corrected chi connectivity index (χ0v) is 19.7. The largest absolute Gasteiger partial charge is 0.497 e. The van der Waals surface area contributed by atoms with Gasteiger partial charge in [-0.3, -0.25) is 35.1 Å². The number of aromatic nitrogens is 1. The number of hydrogen-bond acceptors (Lipinski definition) is 7. The summed E-state index contributed by atoms with van der Waals surface area (Å²) in [6.45, 7) is 0.504. The number of thioether (sulfide) groups is 1. The van der Waals surface area contributed by atoms with Gasteiger partial charge in [-0.25, -0.2) is 0 Å². The van der Waals surface area contributed by atoms with Crippen molar-refractivity contribution in [2.24, 2.45) is 0 Å². The number of carbonyl (C=O) groups excluding carboxylic acids is 3. The van der Waals surface area contributed by atoms with Crippen molar-refractivity contribution in [2.45, 2.75) is 25.7 Å². The molecule has 1 aromatic heterocycles. The minimum atomic E-state index is -0.423. The van der Waals surface area contributed by atoms with Gasteiger partial charge in [-0.2, -0.15) is 0 Å². The monoisotopic (exact) mass is 484 g/mol. The fourth-order valence-electron chi connectivity index (χ4n) is 3.03. The predicted molar refractivity (Wildman–Crippen MR) is 131 cm³/mol. The van der Waals surface area contributed by atoms with Crippen LogP contribution in [0.5, 0.6) is 5.75 Å². The maximum atomic E-state index is 12.7. The summed E-state index contributed by atoms with van der Waals surface area (Å²) in [5.41, 5.74) is 6.02. The molecule has 0 saturated carbocycles. The van der Waals surface area contributed by atoms with Gasteiger partial charge in [-0.15, -0.1) is 0 Å². The van der Waals surface area contributed by atoms with Crippen LogP contribution < -0.4 is 15.6 Å². The van der Waals surface area contributed by atoms with Crippen molar-refractivity contribution in [3.63, 3.8) is 0 Å². The third kappa shape index (κ3) is 7.13. The third-order valence-corrected chi connectivity index (χ3v) is 6.19. The van der Waals surface area contributed by atoms with Gasteiger partial charge in [0.1, 0.15) is 10.1 Å². The van der Waals surface area contributed by atoms with Gasteiger partial charge in [0.15, 0.2) is 0 Å². The first-order chi connectivity index (χ1) is 16.0. The summed E-state index contributed by atoms with van der Waals surface area (Å²) in [5, 5.41) is 0. The van der Waals surface area contributed by atoms with Crippen LogP contribution in [0.25, 0.3) is 6.08 Å². The van der Waals surface area contributed by atoms with Crippen molar-refractivity contribution in [3.05, 3.63) is 64.8 Å². The van der Waals surface area contributed by atoms with Crippen molar-refractivity contribution in [2.75, 3.05) is 13.7 Å². The Morgan fingerprint density at radius 2 is 1.94 bits per heavy atom. The minimum Gasteiger partial charge on any atom is -0.497 e. The van der Waals surface area contributed by atoms with E-state index in [1.54, 1.807) is 30.3 Å². The molecule has 0 bridgehead atoms. The first kappa shape index (κ1) is 24.4. The zero-order chi connectivity index (χ0) is 23.6. The molecule has 2 N–H and O–H groups in total. The molecule has 0 spiro atoms. The van der Waals surface area contributed by atoms with E-state index in [1.165, 1.54) is 18.0 Å². The molecular formula is C23H24N4O4S2. The zero-order valence-electron chi connectivity index (χ0n) is 18.1.